The molecule has 6 heteroatoms. The summed E-state index contributed by atoms with van der Waals surface area (Å²) in [5, 5.41) is 0. The zero-order valence-corrected chi connectivity index (χ0v) is 10.8. The number of thiophene rings is 1. The van der Waals surface area contributed by atoms with Crippen molar-refractivity contribution < 1.29 is 9.63 Å². The normalized spacial score (nSPS) is 16.6. The lowest BCUT2D eigenvalue weighted by Gasteiger charge is -2.10. The van der Waals surface area contributed by atoms with Gasteiger partial charge in [-0.1, -0.05) is 36.0 Å². The second-order valence-corrected chi connectivity index (χ2v) is 5.98. The van der Waals surface area contributed by atoms with Gasteiger partial charge in [-0.2, -0.15) is 0 Å². The molecule has 0 saturated heterocycles. The molecular weight excluding hydrogens is 269 g/mol. The van der Waals surface area contributed by atoms with Gasteiger partial charge >= 0.3 is 0 Å². The first-order valence-corrected chi connectivity index (χ1v) is 6.65. The summed E-state index contributed by atoms with van der Waals surface area (Å²) in [6.07, 6.45) is 4.45. The van der Waals surface area contributed by atoms with E-state index in [2.05, 4.69) is 5.48 Å². The predicted octanol–water partition coefficient (Wildman–Crippen LogP) is 3.66. The lowest BCUT2D eigenvalue weighted by molar-refractivity contribution is -0.0124. The van der Waals surface area contributed by atoms with Crippen molar-refractivity contribution in [1.82, 2.24) is 5.48 Å². The number of halogens is 2. The molecule has 0 radical (unpaired) electrons. The highest BCUT2D eigenvalue weighted by molar-refractivity contribution is 7.20. The molecule has 0 aromatic carbocycles. The summed E-state index contributed by atoms with van der Waals surface area (Å²) >= 11 is 12.8. The van der Waals surface area contributed by atoms with Gasteiger partial charge < -0.3 is 0 Å². The van der Waals surface area contributed by atoms with Gasteiger partial charge in [0, 0.05) is 0 Å². The summed E-state index contributed by atoms with van der Waals surface area (Å²) in [5.41, 5.74) is 2.79. The van der Waals surface area contributed by atoms with Crippen molar-refractivity contribution in [2.75, 3.05) is 0 Å². The minimum Gasteiger partial charge on any atom is -0.270 e. The summed E-state index contributed by atoms with van der Waals surface area (Å²) < 4.78 is 0.883. The summed E-state index contributed by atoms with van der Waals surface area (Å²) in [7, 11) is 0. The molecule has 16 heavy (non-hydrogen) atoms. The summed E-state index contributed by atoms with van der Waals surface area (Å²) in [5.74, 6) is -0.333. The molecule has 0 unspecified atom stereocenters. The molecule has 1 aromatic heterocycles. The van der Waals surface area contributed by atoms with E-state index >= 15 is 0 Å². The Kier molecular flexibility index (Phi) is 4.08. The van der Waals surface area contributed by atoms with Gasteiger partial charge in [0.1, 0.15) is 4.34 Å². The molecule has 1 amide bonds. The van der Waals surface area contributed by atoms with E-state index in [1.807, 2.05) is 0 Å². The van der Waals surface area contributed by atoms with Gasteiger partial charge in [0.2, 0.25) is 0 Å². The summed E-state index contributed by atoms with van der Waals surface area (Å²) in [6, 6.07) is 1.54. The smallest absolute Gasteiger partial charge is 0.270 e. The molecule has 0 aliphatic heterocycles. The number of amides is 1. The average molecular weight is 280 g/mol. The van der Waals surface area contributed by atoms with Crippen LogP contribution in [-0.2, 0) is 4.84 Å². The molecule has 0 spiro atoms. The lowest BCUT2D eigenvalue weighted by Crippen LogP contribution is -2.28. The van der Waals surface area contributed by atoms with Gasteiger partial charge in [-0.3, -0.25) is 9.63 Å². The van der Waals surface area contributed by atoms with Gasteiger partial charge in [0.25, 0.3) is 5.91 Å². The molecule has 1 fully saturated rings. The third kappa shape index (κ3) is 2.88. The Morgan fingerprint density at radius 2 is 2.12 bits per heavy atom. The van der Waals surface area contributed by atoms with Crippen molar-refractivity contribution in [2.45, 2.75) is 31.8 Å². The number of carbonyl (C=O) groups is 1. The third-order valence-electron chi connectivity index (χ3n) is 2.52. The quantitative estimate of drug-likeness (QED) is 0.858. The highest BCUT2D eigenvalue weighted by Gasteiger charge is 2.19. The molecule has 3 nitrogen and oxygen atoms in total. The molecule has 2 rings (SSSR count). The Balaban J connectivity index is 1.90. The van der Waals surface area contributed by atoms with Gasteiger partial charge in [0.05, 0.1) is 16.0 Å². The van der Waals surface area contributed by atoms with Crippen molar-refractivity contribution in [2.24, 2.45) is 0 Å². The highest BCUT2D eigenvalue weighted by Crippen LogP contribution is 2.31. The lowest BCUT2D eigenvalue weighted by atomic mass is 10.3. The maximum atomic E-state index is 11.7. The van der Waals surface area contributed by atoms with Crippen LogP contribution >= 0.6 is 34.5 Å². The van der Waals surface area contributed by atoms with Gasteiger partial charge in [-0.25, -0.2) is 5.48 Å². The van der Waals surface area contributed by atoms with Crippen LogP contribution in [0.1, 0.15) is 36.0 Å². The van der Waals surface area contributed by atoms with Crippen LogP contribution < -0.4 is 5.48 Å². The van der Waals surface area contributed by atoms with Crippen LogP contribution in [0.5, 0.6) is 0 Å². The molecular formula is C10H11Cl2NO2S. The van der Waals surface area contributed by atoms with Crippen LogP contribution in [0.25, 0.3) is 0 Å². The monoisotopic (exact) mass is 279 g/mol. The van der Waals surface area contributed by atoms with E-state index in [0.29, 0.717) is 14.2 Å². The molecule has 1 aliphatic carbocycles. The zero-order chi connectivity index (χ0) is 11.5. The number of rotatable bonds is 3. The molecule has 1 aliphatic rings. The average Bonchev–Trinajstić information content (AvgIpc) is 2.84. The van der Waals surface area contributed by atoms with E-state index in [1.54, 1.807) is 6.07 Å². The van der Waals surface area contributed by atoms with Gasteiger partial charge in [-0.15, -0.1) is 11.3 Å². The van der Waals surface area contributed by atoms with E-state index in [-0.39, 0.29) is 12.0 Å². The fraction of sp³-hybridized carbons (Fsp3) is 0.500. The highest BCUT2D eigenvalue weighted by atomic mass is 35.5. The first kappa shape index (κ1) is 12.2. The maximum Gasteiger partial charge on any atom is 0.277 e. The number of hydrogen-bond acceptors (Lipinski definition) is 3. The van der Waals surface area contributed by atoms with Crippen molar-refractivity contribution in [3.8, 4) is 0 Å². The first-order chi connectivity index (χ1) is 7.66. The van der Waals surface area contributed by atoms with Crippen molar-refractivity contribution in [1.29, 1.82) is 0 Å². The number of hydrogen-bond donors (Lipinski definition) is 1. The number of hydroxylamine groups is 1. The minimum absolute atomic E-state index is 0.136. The standard InChI is InChI=1S/C10H11Cl2NO2S/c11-8-5-7(9(12)16-8)10(14)13-15-6-3-1-2-4-6/h5-6H,1-4H2,(H,13,14). The summed E-state index contributed by atoms with van der Waals surface area (Å²) in [4.78, 5) is 16.9. The zero-order valence-electron chi connectivity index (χ0n) is 8.46. The molecule has 0 atom stereocenters. The minimum atomic E-state index is -0.333. The molecule has 88 valence electrons. The fourth-order valence-corrected chi connectivity index (χ4v) is 3.15. The van der Waals surface area contributed by atoms with Crippen LogP contribution in [0, 0.1) is 0 Å². The van der Waals surface area contributed by atoms with Crippen molar-refractivity contribution >= 4 is 40.4 Å². The Morgan fingerprint density at radius 3 is 2.69 bits per heavy atom. The van der Waals surface area contributed by atoms with Crippen LogP contribution in [-0.4, -0.2) is 12.0 Å². The Labute approximate surface area is 108 Å². The van der Waals surface area contributed by atoms with Crippen molar-refractivity contribution in [3.63, 3.8) is 0 Å². The van der Waals surface area contributed by atoms with E-state index in [9.17, 15) is 4.79 Å². The van der Waals surface area contributed by atoms with Crippen LogP contribution in [0.3, 0.4) is 0 Å². The van der Waals surface area contributed by atoms with Crippen LogP contribution in [0.4, 0.5) is 0 Å². The first-order valence-electron chi connectivity index (χ1n) is 5.07. The SMILES string of the molecule is O=C(NOC1CCCC1)c1cc(Cl)sc1Cl. The molecule has 1 N–H and O–H groups in total. The van der Waals surface area contributed by atoms with Crippen LogP contribution in [0.2, 0.25) is 8.67 Å². The largest absolute Gasteiger partial charge is 0.277 e. The summed E-state index contributed by atoms with van der Waals surface area (Å²) in [6.45, 7) is 0. The Bertz CT molecular complexity index is 388. The van der Waals surface area contributed by atoms with E-state index in [1.165, 1.54) is 11.3 Å². The van der Waals surface area contributed by atoms with Crippen molar-refractivity contribution in [3.05, 3.63) is 20.3 Å². The third-order valence-corrected chi connectivity index (χ3v) is 4.01. The Hall–Kier alpha value is -0.290. The molecule has 0 bridgehead atoms. The van der Waals surface area contributed by atoms with E-state index in [4.69, 9.17) is 28.0 Å². The number of carbonyl (C=O) groups excluding carboxylic acids is 1. The van der Waals surface area contributed by atoms with Crippen LogP contribution in [0.15, 0.2) is 6.07 Å². The molecule has 1 saturated carbocycles. The second kappa shape index (κ2) is 5.36. The van der Waals surface area contributed by atoms with E-state index < -0.39 is 0 Å². The van der Waals surface area contributed by atoms with Gasteiger partial charge in [0.15, 0.2) is 0 Å². The molecule has 1 heterocycles. The Morgan fingerprint density at radius 1 is 1.44 bits per heavy atom. The van der Waals surface area contributed by atoms with Gasteiger partial charge in [-0.05, 0) is 18.9 Å². The topological polar surface area (TPSA) is 38.3 Å². The predicted molar refractivity (Wildman–Crippen MR) is 65.1 cm³/mol. The molecule has 1 aromatic rings. The van der Waals surface area contributed by atoms with E-state index in [0.717, 1.165) is 25.7 Å². The fourth-order valence-electron chi connectivity index (χ4n) is 1.69. The number of nitrogens with one attached hydrogen (secondary N) is 1. The maximum absolute atomic E-state index is 11.7. The second-order valence-electron chi connectivity index (χ2n) is 3.69.